The van der Waals surface area contributed by atoms with E-state index in [-0.39, 0.29) is 17.6 Å². The molecule has 146 valence electrons. The number of esters is 1. The Morgan fingerprint density at radius 1 is 1.10 bits per heavy atom. The zero-order chi connectivity index (χ0) is 20.4. The Kier molecular flexibility index (Phi) is 4.87. The third kappa shape index (κ3) is 3.62. The maximum Gasteiger partial charge on any atom is 0.328 e. The number of carbonyl (C=O) groups excluding carboxylic acids is 2. The van der Waals surface area contributed by atoms with Gasteiger partial charge in [-0.05, 0) is 23.8 Å². The van der Waals surface area contributed by atoms with Crippen molar-refractivity contribution in [1.82, 2.24) is 10.3 Å². The van der Waals surface area contributed by atoms with Crippen molar-refractivity contribution in [3.05, 3.63) is 82.3 Å². The van der Waals surface area contributed by atoms with Crippen molar-refractivity contribution in [1.29, 1.82) is 0 Å². The van der Waals surface area contributed by atoms with Gasteiger partial charge in [-0.1, -0.05) is 30.3 Å². The number of benzene rings is 2. The van der Waals surface area contributed by atoms with E-state index >= 15 is 0 Å². The quantitative estimate of drug-likeness (QED) is 0.510. The molecule has 4 rings (SSSR count). The molecule has 0 aliphatic rings. The fourth-order valence-corrected chi connectivity index (χ4v) is 3.30. The summed E-state index contributed by atoms with van der Waals surface area (Å²) < 4.78 is 10.4. The van der Waals surface area contributed by atoms with Crippen molar-refractivity contribution in [2.75, 3.05) is 7.11 Å². The summed E-state index contributed by atoms with van der Waals surface area (Å²) in [6.45, 7) is 0. The molecule has 1 amide bonds. The van der Waals surface area contributed by atoms with Gasteiger partial charge in [-0.25, -0.2) is 4.79 Å². The smallest absolute Gasteiger partial charge is 0.328 e. The minimum Gasteiger partial charge on any atom is -0.467 e. The van der Waals surface area contributed by atoms with Gasteiger partial charge in [0.1, 0.15) is 11.6 Å². The van der Waals surface area contributed by atoms with Gasteiger partial charge in [0.15, 0.2) is 11.2 Å². The lowest BCUT2D eigenvalue weighted by Gasteiger charge is -2.16. The number of ether oxygens (including phenoxy) is 1. The predicted octanol–water partition coefficient (Wildman–Crippen LogP) is 2.79. The minimum absolute atomic E-state index is 0.165. The summed E-state index contributed by atoms with van der Waals surface area (Å²) in [5, 5.41) is 3.95. The SMILES string of the molecule is COC(=O)[C@H](Cc1c[nH]c2ccccc12)NC(=O)c1cc(=O)c2ccccc2o1. The molecule has 0 radical (unpaired) electrons. The number of rotatable bonds is 5. The third-order valence-electron chi connectivity index (χ3n) is 4.75. The Bertz CT molecular complexity index is 1270. The van der Waals surface area contributed by atoms with Crippen LogP contribution >= 0.6 is 0 Å². The first-order chi connectivity index (χ1) is 14.1. The number of H-pyrrole nitrogens is 1. The molecule has 0 fully saturated rings. The fourth-order valence-electron chi connectivity index (χ4n) is 3.30. The number of methoxy groups -OCH3 is 1. The highest BCUT2D eigenvalue weighted by Crippen LogP contribution is 2.20. The molecule has 1 atom stereocenters. The van der Waals surface area contributed by atoms with E-state index in [0.29, 0.717) is 11.0 Å². The normalized spacial score (nSPS) is 12.0. The molecule has 2 aromatic heterocycles. The number of hydrogen-bond donors (Lipinski definition) is 2. The van der Waals surface area contributed by atoms with Crippen LogP contribution in [-0.4, -0.2) is 30.0 Å². The highest BCUT2D eigenvalue weighted by molar-refractivity contribution is 5.96. The number of hydrogen-bond acceptors (Lipinski definition) is 5. The molecule has 0 unspecified atom stereocenters. The van der Waals surface area contributed by atoms with E-state index in [9.17, 15) is 14.4 Å². The molecule has 2 heterocycles. The summed E-state index contributed by atoms with van der Waals surface area (Å²) in [6.07, 6.45) is 2.02. The van der Waals surface area contributed by atoms with Crippen molar-refractivity contribution in [2.24, 2.45) is 0 Å². The van der Waals surface area contributed by atoms with Crippen LogP contribution in [0.15, 0.2) is 70.0 Å². The average Bonchev–Trinajstić information content (AvgIpc) is 3.15. The van der Waals surface area contributed by atoms with Crippen LogP contribution in [0.4, 0.5) is 0 Å². The van der Waals surface area contributed by atoms with Gasteiger partial charge >= 0.3 is 5.97 Å². The molecule has 0 spiro atoms. The van der Waals surface area contributed by atoms with Gasteiger partial charge in [0.25, 0.3) is 5.91 Å². The first-order valence-electron chi connectivity index (χ1n) is 9.03. The predicted molar refractivity (Wildman–Crippen MR) is 108 cm³/mol. The molecule has 7 nitrogen and oxygen atoms in total. The molecule has 29 heavy (non-hydrogen) atoms. The standard InChI is InChI=1S/C22H18N2O5/c1-28-22(27)17(10-13-12-23-16-8-4-2-6-14(13)16)24-21(26)20-11-18(25)15-7-3-5-9-19(15)29-20/h2-9,11-12,17,23H,10H2,1H3,(H,24,26)/t17-/m0/s1. The third-order valence-corrected chi connectivity index (χ3v) is 4.75. The molecular formula is C22H18N2O5. The van der Waals surface area contributed by atoms with E-state index in [1.807, 2.05) is 24.3 Å². The van der Waals surface area contributed by atoms with E-state index in [1.165, 1.54) is 7.11 Å². The van der Waals surface area contributed by atoms with E-state index in [1.54, 1.807) is 30.5 Å². The highest BCUT2D eigenvalue weighted by Gasteiger charge is 2.25. The van der Waals surface area contributed by atoms with Crippen LogP contribution in [0.2, 0.25) is 0 Å². The van der Waals surface area contributed by atoms with E-state index in [0.717, 1.165) is 22.5 Å². The number of fused-ring (bicyclic) bond motifs is 2. The summed E-state index contributed by atoms with van der Waals surface area (Å²) >= 11 is 0. The van der Waals surface area contributed by atoms with Crippen LogP contribution < -0.4 is 10.7 Å². The van der Waals surface area contributed by atoms with Crippen molar-refractivity contribution >= 4 is 33.7 Å². The molecule has 0 bridgehead atoms. The molecule has 0 saturated carbocycles. The number of nitrogens with one attached hydrogen (secondary N) is 2. The Labute approximate surface area is 165 Å². The molecule has 2 N–H and O–H groups in total. The van der Waals surface area contributed by atoms with Crippen LogP contribution in [0.5, 0.6) is 0 Å². The van der Waals surface area contributed by atoms with Crippen LogP contribution in [-0.2, 0) is 16.0 Å². The van der Waals surface area contributed by atoms with E-state index in [4.69, 9.17) is 9.15 Å². The largest absolute Gasteiger partial charge is 0.467 e. The molecule has 0 aliphatic carbocycles. The molecule has 0 aliphatic heterocycles. The lowest BCUT2D eigenvalue weighted by Crippen LogP contribution is -2.43. The highest BCUT2D eigenvalue weighted by atomic mass is 16.5. The van der Waals surface area contributed by atoms with Crippen LogP contribution in [0, 0.1) is 0 Å². The second-order valence-corrected chi connectivity index (χ2v) is 6.58. The molecule has 7 heteroatoms. The van der Waals surface area contributed by atoms with Gasteiger partial charge in [0, 0.05) is 29.6 Å². The topological polar surface area (TPSA) is 101 Å². The lowest BCUT2D eigenvalue weighted by molar-refractivity contribution is -0.142. The monoisotopic (exact) mass is 390 g/mol. The summed E-state index contributed by atoms with van der Waals surface area (Å²) in [6, 6.07) is 14.5. The first kappa shape index (κ1) is 18.5. The van der Waals surface area contributed by atoms with Gasteiger partial charge in [-0.2, -0.15) is 0 Å². The van der Waals surface area contributed by atoms with Gasteiger partial charge in [-0.3, -0.25) is 9.59 Å². The second-order valence-electron chi connectivity index (χ2n) is 6.58. The van der Waals surface area contributed by atoms with E-state index < -0.39 is 17.9 Å². The first-order valence-corrected chi connectivity index (χ1v) is 9.03. The summed E-state index contributed by atoms with van der Waals surface area (Å²) in [5.74, 6) is -1.42. The summed E-state index contributed by atoms with van der Waals surface area (Å²) in [4.78, 5) is 40.4. The number of aromatic nitrogens is 1. The van der Waals surface area contributed by atoms with Crippen molar-refractivity contribution < 1.29 is 18.7 Å². The minimum atomic E-state index is -0.941. The van der Waals surface area contributed by atoms with Crippen LogP contribution in [0.25, 0.3) is 21.9 Å². The molecule has 2 aromatic carbocycles. The van der Waals surface area contributed by atoms with Gasteiger partial charge in [0.2, 0.25) is 0 Å². The Balaban J connectivity index is 1.62. The Hall–Kier alpha value is -3.87. The number of aromatic amines is 1. The van der Waals surface area contributed by atoms with Gasteiger partial charge in [-0.15, -0.1) is 0 Å². The second kappa shape index (κ2) is 7.63. The number of carbonyl (C=O) groups is 2. The number of para-hydroxylation sites is 2. The number of amides is 1. The zero-order valence-corrected chi connectivity index (χ0v) is 15.6. The summed E-state index contributed by atoms with van der Waals surface area (Å²) in [5.41, 5.74) is 1.76. The maximum atomic E-state index is 12.7. The van der Waals surface area contributed by atoms with Crippen LogP contribution in [0.3, 0.4) is 0 Å². The lowest BCUT2D eigenvalue weighted by atomic mass is 10.0. The van der Waals surface area contributed by atoms with Crippen LogP contribution in [0.1, 0.15) is 16.1 Å². The molecule has 0 saturated heterocycles. The zero-order valence-electron chi connectivity index (χ0n) is 15.6. The molecule has 4 aromatic rings. The average molecular weight is 390 g/mol. The molecular weight excluding hydrogens is 372 g/mol. The Morgan fingerprint density at radius 3 is 2.62 bits per heavy atom. The maximum absolute atomic E-state index is 12.7. The van der Waals surface area contributed by atoms with Gasteiger partial charge in [0.05, 0.1) is 12.5 Å². The van der Waals surface area contributed by atoms with E-state index in [2.05, 4.69) is 10.3 Å². The van der Waals surface area contributed by atoms with Gasteiger partial charge < -0.3 is 19.5 Å². The van der Waals surface area contributed by atoms with Crippen molar-refractivity contribution in [3.63, 3.8) is 0 Å². The fraction of sp³-hybridized carbons (Fsp3) is 0.136. The van der Waals surface area contributed by atoms with Crippen molar-refractivity contribution in [3.8, 4) is 0 Å². The van der Waals surface area contributed by atoms with Crippen molar-refractivity contribution in [2.45, 2.75) is 12.5 Å². The summed E-state index contributed by atoms with van der Waals surface area (Å²) in [7, 11) is 1.26. The Morgan fingerprint density at radius 2 is 1.83 bits per heavy atom.